The average molecular weight is 309 g/mol. The van der Waals surface area contributed by atoms with Gasteiger partial charge in [0.15, 0.2) is 0 Å². The molecular formula is C15H19NO4S. The van der Waals surface area contributed by atoms with Crippen molar-refractivity contribution in [2.24, 2.45) is 0 Å². The minimum absolute atomic E-state index is 0.00110. The Morgan fingerprint density at radius 1 is 1.43 bits per heavy atom. The first-order valence-electron chi connectivity index (χ1n) is 6.76. The Labute approximate surface area is 124 Å². The zero-order valence-corrected chi connectivity index (χ0v) is 13.0. The van der Waals surface area contributed by atoms with Crippen LogP contribution in [0, 0.1) is 13.8 Å². The molecule has 0 bridgehead atoms. The lowest BCUT2D eigenvalue weighted by Gasteiger charge is -2.22. The molecule has 1 N–H and O–H groups in total. The van der Waals surface area contributed by atoms with Crippen molar-refractivity contribution in [2.75, 3.05) is 6.54 Å². The van der Waals surface area contributed by atoms with Crippen LogP contribution in [0.1, 0.15) is 34.3 Å². The lowest BCUT2D eigenvalue weighted by Crippen LogP contribution is -2.34. The van der Waals surface area contributed by atoms with Gasteiger partial charge in [-0.3, -0.25) is 0 Å². The Morgan fingerprint density at radius 3 is 2.52 bits per heavy atom. The Hall–Kier alpha value is -1.66. The van der Waals surface area contributed by atoms with Gasteiger partial charge >= 0.3 is 5.97 Å². The highest BCUT2D eigenvalue weighted by Crippen LogP contribution is 2.33. The van der Waals surface area contributed by atoms with E-state index >= 15 is 0 Å². The monoisotopic (exact) mass is 309 g/mol. The van der Waals surface area contributed by atoms with Crippen LogP contribution in [-0.2, 0) is 10.0 Å². The first-order chi connectivity index (χ1) is 9.78. The van der Waals surface area contributed by atoms with Crippen molar-refractivity contribution in [3.8, 4) is 0 Å². The summed E-state index contributed by atoms with van der Waals surface area (Å²) in [4.78, 5) is 11.2. The molecule has 0 amide bonds. The maximum absolute atomic E-state index is 12.8. The van der Waals surface area contributed by atoms with Crippen LogP contribution in [0.25, 0.3) is 0 Å². The van der Waals surface area contributed by atoms with Crippen LogP contribution in [0.2, 0.25) is 0 Å². The van der Waals surface area contributed by atoms with E-state index in [9.17, 15) is 13.2 Å². The van der Waals surface area contributed by atoms with Gasteiger partial charge in [-0.2, -0.15) is 4.31 Å². The fourth-order valence-corrected chi connectivity index (χ4v) is 4.26. The number of benzene rings is 1. The molecule has 0 spiro atoms. The van der Waals surface area contributed by atoms with Crippen LogP contribution in [0.5, 0.6) is 0 Å². The highest BCUT2D eigenvalue weighted by molar-refractivity contribution is 7.89. The Bertz CT molecular complexity index is 690. The third kappa shape index (κ3) is 3.01. The summed E-state index contributed by atoms with van der Waals surface area (Å²) >= 11 is 0. The summed E-state index contributed by atoms with van der Waals surface area (Å²) < 4.78 is 27.1. The molecule has 21 heavy (non-hydrogen) atoms. The standard InChI is InChI=1S/C15H19NO4S/c1-4-7-16(13-5-6-13)21(19,20)14-9-12(15(17)18)8-10(2)11(14)3/h4,8-9,13H,1,5-7H2,2-3H3,(H,17,18). The van der Waals surface area contributed by atoms with E-state index in [0.717, 1.165) is 12.8 Å². The fourth-order valence-electron chi connectivity index (χ4n) is 2.28. The fraction of sp³-hybridized carbons (Fsp3) is 0.400. The van der Waals surface area contributed by atoms with Crippen molar-refractivity contribution in [1.29, 1.82) is 0 Å². The van der Waals surface area contributed by atoms with E-state index in [1.54, 1.807) is 19.9 Å². The molecule has 0 atom stereocenters. The number of carbonyl (C=O) groups is 1. The van der Waals surface area contributed by atoms with E-state index in [1.165, 1.54) is 16.4 Å². The average Bonchev–Trinajstić information content (AvgIpc) is 3.22. The molecule has 1 saturated carbocycles. The van der Waals surface area contributed by atoms with Crippen LogP contribution in [0.4, 0.5) is 0 Å². The summed E-state index contributed by atoms with van der Waals surface area (Å²) in [6.45, 7) is 7.26. The van der Waals surface area contributed by atoms with Crippen molar-refractivity contribution in [1.82, 2.24) is 4.31 Å². The van der Waals surface area contributed by atoms with Crippen LogP contribution in [0.15, 0.2) is 29.7 Å². The van der Waals surface area contributed by atoms with Gasteiger partial charge in [-0.1, -0.05) is 6.08 Å². The highest BCUT2D eigenvalue weighted by Gasteiger charge is 2.38. The molecule has 0 heterocycles. The summed E-state index contributed by atoms with van der Waals surface area (Å²) in [6, 6.07) is 2.74. The van der Waals surface area contributed by atoms with Crippen molar-refractivity contribution < 1.29 is 18.3 Å². The van der Waals surface area contributed by atoms with Gasteiger partial charge in [0.25, 0.3) is 0 Å². The molecule has 0 aromatic heterocycles. The number of sulfonamides is 1. The minimum Gasteiger partial charge on any atom is -0.478 e. The largest absolute Gasteiger partial charge is 0.478 e. The number of aryl methyl sites for hydroxylation is 1. The number of rotatable bonds is 6. The van der Waals surface area contributed by atoms with E-state index in [-0.39, 0.29) is 23.0 Å². The number of carboxylic acid groups (broad SMARTS) is 1. The van der Waals surface area contributed by atoms with E-state index in [2.05, 4.69) is 6.58 Å². The summed E-state index contributed by atoms with van der Waals surface area (Å²) in [5.41, 5.74) is 1.24. The summed E-state index contributed by atoms with van der Waals surface area (Å²) in [5.74, 6) is -1.13. The summed E-state index contributed by atoms with van der Waals surface area (Å²) in [7, 11) is -3.71. The van der Waals surface area contributed by atoms with Gasteiger partial charge in [0.05, 0.1) is 10.5 Å². The van der Waals surface area contributed by atoms with Gasteiger partial charge in [-0.05, 0) is 49.9 Å². The molecule has 0 radical (unpaired) electrons. The molecule has 2 rings (SSSR count). The molecule has 6 heteroatoms. The highest BCUT2D eigenvalue weighted by atomic mass is 32.2. The second-order valence-corrected chi connectivity index (χ2v) is 7.17. The molecule has 114 valence electrons. The zero-order chi connectivity index (χ0) is 15.8. The maximum atomic E-state index is 12.8. The summed E-state index contributed by atoms with van der Waals surface area (Å²) in [5, 5.41) is 9.13. The van der Waals surface area contributed by atoms with Gasteiger partial charge in [-0.15, -0.1) is 6.58 Å². The van der Waals surface area contributed by atoms with Gasteiger partial charge in [0.2, 0.25) is 10.0 Å². The molecule has 1 fully saturated rings. The Kier molecular flexibility index (Phi) is 4.20. The lowest BCUT2D eigenvalue weighted by atomic mass is 10.1. The van der Waals surface area contributed by atoms with E-state index in [0.29, 0.717) is 11.1 Å². The third-order valence-electron chi connectivity index (χ3n) is 3.72. The molecular weight excluding hydrogens is 290 g/mol. The number of carboxylic acids is 1. The summed E-state index contributed by atoms with van der Waals surface area (Å²) in [6.07, 6.45) is 3.23. The van der Waals surface area contributed by atoms with E-state index in [1.807, 2.05) is 0 Å². The van der Waals surface area contributed by atoms with Crippen molar-refractivity contribution in [3.63, 3.8) is 0 Å². The SMILES string of the molecule is C=CCN(C1CC1)S(=O)(=O)c1cc(C(=O)O)cc(C)c1C. The maximum Gasteiger partial charge on any atom is 0.335 e. The van der Waals surface area contributed by atoms with Gasteiger partial charge < -0.3 is 5.11 Å². The van der Waals surface area contributed by atoms with E-state index < -0.39 is 16.0 Å². The molecule has 1 aliphatic rings. The van der Waals surface area contributed by atoms with Crippen LogP contribution < -0.4 is 0 Å². The van der Waals surface area contributed by atoms with Gasteiger partial charge in [0, 0.05) is 12.6 Å². The molecule has 1 aromatic carbocycles. The topological polar surface area (TPSA) is 74.7 Å². The van der Waals surface area contributed by atoms with Crippen LogP contribution in [0.3, 0.4) is 0 Å². The number of hydrogen-bond acceptors (Lipinski definition) is 3. The lowest BCUT2D eigenvalue weighted by molar-refractivity contribution is 0.0696. The molecule has 5 nitrogen and oxygen atoms in total. The number of aromatic carboxylic acids is 1. The van der Waals surface area contributed by atoms with Crippen molar-refractivity contribution >= 4 is 16.0 Å². The van der Waals surface area contributed by atoms with E-state index in [4.69, 9.17) is 5.11 Å². The predicted molar refractivity (Wildman–Crippen MR) is 80.0 cm³/mol. The van der Waals surface area contributed by atoms with Crippen LogP contribution in [-0.4, -0.2) is 36.4 Å². The second-order valence-electron chi connectivity index (χ2n) is 5.32. The smallest absolute Gasteiger partial charge is 0.335 e. The predicted octanol–water partition coefficient (Wildman–Crippen LogP) is 2.34. The molecule has 0 saturated heterocycles. The Balaban J connectivity index is 2.57. The number of hydrogen-bond donors (Lipinski definition) is 1. The molecule has 1 aromatic rings. The normalized spacial score (nSPS) is 15.2. The van der Waals surface area contributed by atoms with Crippen LogP contribution >= 0.6 is 0 Å². The molecule has 0 aliphatic heterocycles. The first kappa shape index (κ1) is 15.7. The van der Waals surface area contributed by atoms with Gasteiger partial charge in [-0.25, -0.2) is 13.2 Å². The zero-order valence-electron chi connectivity index (χ0n) is 12.2. The van der Waals surface area contributed by atoms with Crippen molar-refractivity contribution in [2.45, 2.75) is 37.6 Å². The Morgan fingerprint density at radius 2 is 2.05 bits per heavy atom. The third-order valence-corrected chi connectivity index (χ3v) is 5.76. The molecule has 0 unspecified atom stereocenters. The minimum atomic E-state index is -3.71. The van der Waals surface area contributed by atoms with Crippen molar-refractivity contribution in [3.05, 3.63) is 41.5 Å². The number of nitrogens with zero attached hydrogens (tertiary/aromatic N) is 1. The quantitative estimate of drug-likeness (QED) is 0.818. The second kappa shape index (κ2) is 5.61. The first-order valence-corrected chi connectivity index (χ1v) is 8.20. The van der Waals surface area contributed by atoms with Gasteiger partial charge in [0.1, 0.15) is 0 Å². The molecule has 1 aliphatic carbocycles.